The molecule has 4 rings (SSSR count). The van der Waals surface area contributed by atoms with Gasteiger partial charge in [0.25, 0.3) is 5.91 Å². The second-order valence-corrected chi connectivity index (χ2v) is 9.13. The highest BCUT2D eigenvalue weighted by Gasteiger charge is 2.15. The summed E-state index contributed by atoms with van der Waals surface area (Å²) >= 11 is 7.54. The quantitative estimate of drug-likeness (QED) is 0.620. The number of piperidine rings is 1. The fourth-order valence-electron chi connectivity index (χ4n) is 3.76. The zero-order valence-electron chi connectivity index (χ0n) is 16.3. The van der Waals surface area contributed by atoms with Gasteiger partial charge < -0.3 is 4.90 Å². The molecule has 0 unspecified atom stereocenters. The highest BCUT2D eigenvalue weighted by molar-refractivity contribution is 7.15. The van der Waals surface area contributed by atoms with Crippen molar-refractivity contribution in [2.75, 3.05) is 18.4 Å². The SMILES string of the molecule is O=C(Nc1ncc(Cc2cccc(Cl)c2)s1)c1ccc(C[NH+]2CCCCC2)cc1. The summed E-state index contributed by atoms with van der Waals surface area (Å²) in [6.07, 6.45) is 6.57. The molecule has 1 aliphatic heterocycles. The summed E-state index contributed by atoms with van der Waals surface area (Å²) in [6.45, 7) is 3.55. The predicted molar refractivity (Wildman–Crippen MR) is 119 cm³/mol. The zero-order valence-corrected chi connectivity index (χ0v) is 17.9. The van der Waals surface area contributed by atoms with Gasteiger partial charge in [0.2, 0.25) is 0 Å². The minimum atomic E-state index is -0.120. The van der Waals surface area contributed by atoms with E-state index in [1.165, 1.54) is 49.3 Å². The number of carbonyl (C=O) groups is 1. The molecule has 1 aromatic heterocycles. The van der Waals surface area contributed by atoms with Gasteiger partial charge in [0.05, 0.1) is 13.1 Å². The average molecular weight is 427 g/mol. The van der Waals surface area contributed by atoms with Crippen LogP contribution in [0.2, 0.25) is 5.02 Å². The number of halogens is 1. The van der Waals surface area contributed by atoms with Gasteiger partial charge in [0.15, 0.2) is 5.13 Å². The Hall–Kier alpha value is -2.21. The van der Waals surface area contributed by atoms with E-state index in [4.69, 9.17) is 11.6 Å². The fourth-order valence-corrected chi connectivity index (χ4v) is 4.81. The van der Waals surface area contributed by atoms with Crippen molar-refractivity contribution >= 4 is 34.0 Å². The number of benzene rings is 2. The molecule has 0 spiro atoms. The number of hydrogen-bond donors (Lipinski definition) is 2. The summed E-state index contributed by atoms with van der Waals surface area (Å²) in [5.41, 5.74) is 3.08. The highest BCUT2D eigenvalue weighted by Crippen LogP contribution is 2.23. The summed E-state index contributed by atoms with van der Waals surface area (Å²) in [5.74, 6) is -0.120. The Kier molecular flexibility index (Phi) is 6.60. The predicted octanol–water partition coefficient (Wildman–Crippen LogP) is 4.21. The fraction of sp³-hybridized carbons (Fsp3) is 0.304. The van der Waals surface area contributed by atoms with E-state index < -0.39 is 0 Å². The van der Waals surface area contributed by atoms with Crippen LogP contribution in [0.5, 0.6) is 0 Å². The van der Waals surface area contributed by atoms with E-state index >= 15 is 0 Å². The molecule has 0 aliphatic carbocycles. The number of quaternary nitrogens is 1. The molecule has 150 valence electrons. The number of rotatable bonds is 6. The minimum Gasteiger partial charge on any atom is -0.331 e. The number of thiazole rings is 1. The largest absolute Gasteiger partial charge is 0.331 e. The molecule has 29 heavy (non-hydrogen) atoms. The number of aromatic nitrogens is 1. The lowest BCUT2D eigenvalue weighted by atomic mass is 10.1. The number of likely N-dealkylation sites (tertiary alicyclic amines) is 1. The standard InChI is InChI=1S/C23H24ClN3OS/c24-20-6-4-5-18(13-20)14-21-15-25-23(29-21)26-22(28)19-9-7-17(8-10-19)16-27-11-2-1-3-12-27/h4-10,13,15H,1-3,11-12,14,16H2,(H,25,26,28)/p+1. The number of nitrogens with zero attached hydrogens (tertiary/aromatic N) is 1. The Morgan fingerprint density at radius 2 is 1.86 bits per heavy atom. The summed E-state index contributed by atoms with van der Waals surface area (Å²) < 4.78 is 0. The maximum atomic E-state index is 12.6. The molecule has 4 nitrogen and oxygen atoms in total. The molecule has 2 N–H and O–H groups in total. The van der Waals surface area contributed by atoms with Crippen molar-refractivity contribution in [3.63, 3.8) is 0 Å². The molecular weight excluding hydrogens is 402 g/mol. The van der Waals surface area contributed by atoms with Crippen LogP contribution in [0.15, 0.2) is 54.7 Å². The van der Waals surface area contributed by atoms with Crippen molar-refractivity contribution in [3.8, 4) is 0 Å². The van der Waals surface area contributed by atoms with Gasteiger partial charge >= 0.3 is 0 Å². The molecule has 3 aromatic rings. The zero-order chi connectivity index (χ0) is 20.1. The summed E-state index contributed by atoms with van der Waals surface area (Å²) in [7, 11) is 0. The van der Waals surface area contributed by atoms with Gasteiger partial charge in [0, 0.05) is 33.6 Å². The van der Waals surface area contributed by atoms with Crippen LogP contribution in [0.4, 0.5) is 5.13 Å². The van der Waals surface area contributed by atoms with Crippen LogP contribution < -0.4 is 10.2 Å². The smallest absolute Gasteiger partial charge is 0.257 e. The molecule has 6 heteroatoms. The van der Waals surface area contributed by atoms with Gasteiger partial charge in [-0.05, 0) is 49.1 Å². The molecule has 0 atom stereocenters. The number of hydrogen-bond acceptors (Lipinski definition) is 3. The van der Waals surface area contributed by atoms with Crippen LogP contribution in [0, 0.1) is 0 Å². The second-order valence-electron chi connectivity index (χ2n) is 7.58. The molecule has 1 saturated heterocycles. The number of carbonyl (C=O) groups excluding carboxylic acids is 1. The van der Waals surface area contributed by atoms with Gasteiger partial charge in [-0.15, -0.1) is 11.3 Å². The maximum Gasteiger partial charge on any atom is 0.257 e. The van der Waals surface area contributed by atoms with E-state index in [0.29, 0.717) is 10.7 Å². The molecule has 1 amide bonds. The molecular formula is C23H25ClN3OS+. The third-order valence-corrected chi connectivity index (χ3v) is 6.42. The topological polar surface area (TPSA) is 46.4 Å². The van der Waals surface area contributed by atoms with Crippen LogP contribution in [0.25, 0.3) is 0 Å². The van der Waals surface area contributed by atoms with Gasteiger partial charge in [-0.3, -0.25) is 10.1 Å². The molecule has 1 fully saturated rings. The summed E-state index contributed by atoms with van der Waals surface area (Å²) in [6, 6.07) is 15.8. The minimum absolute atomic E-state index is 0.120. The first kappa shape index (κ1) is 20.1. The number of amides is 1. The van der Waals surface area contributed by atoms with Gasteiger partial charge in [0.1, 0.15) is 6.54 Å². The van der Waals surface area contributed by atoms with Crippen molar-refractivity contribution in [1.82, 2.24) is 4.98 Å². The van der Waals surface area contributed by atoms with Crippen molar-refractivity contribution in [2.45, 2.75) is 32.2 Å². The lowest BCUT2D eigenvalue weighted by Gasteiger charge is -2.23. The van der Waals surface area contributed by atoms with Gasteiger partial charge in [-0.1, -0.05) is 35.9 Å². The first-order valence-corrected chi connectivity index (χ1v) is 11.3. The number of anilines is 1. The van der Waals surface area contributed by atoms with Crippen molar-refractivity contribution in [3.05, 3.63) is 81.3 Å². The third-order valence-electron chi connectivity index (χ3n) is 5.27. The van der Waals surface area contributed by atoms with Crippen molar-refractivity contribution < 1.29 is 9.69 Å². The maximum absolute atomic E-state index is 12.6. The van der Waals surface area contributed by atoms with Crippen LogP contribution in [0.1, 0.15) is 45.6 Å². The Balaban J connectivity index is 1.33. The molecule has 1 aliphatic rings. The van der Waals surface area contributed by atoms with E-state index in [-0.39, 0.29) is 5.91 Å². The van der Waals surface area contributed by atoms with Crippen LogP contribution >= 0.6 is 22.9 Å². The Bertz CT molecular complexity index is 964. The van der Waals surface area contributed by atoms with Crippen LogP contribution in [-0.4, -0.2) is 24.0 Å². The Labute approximate surface area is 180 Å². The highest BCUT2D eigenvalue weighted by atomic mass is 35.5. The lowest BCUT2D eigenvalue weighted by molar-refractivity contribution is -0.918. The lowest BCUT2D eigenvalue weighted by Crippen LogP contribution is -3.11. The van der Waals surface area contributed by atoms with Crippen LogP contribution in [-0.2, 0) is 13.0 Å². The van der Waals surface area contributed by atoms with Crippen molar-refractivity contribution in [1.29, 1.82) is 0 Å². The molecule has 0 radical (unpaired) electrons. The molecule has 0 bridgehead atoms. The third kappa shape index (κ3) is 5.66. The van der Waals surface area contributed by atoms with Crippen LogP contribution in [0.3, 0.4) is 0 Å². The average Bonchev–Trinajstić information content (AvgIpc) is 3.16. The normalized spacial score (nSPS) is 14.7. The first-order chi connectivity index (χ1) is 14.2. The van der Waals surface area contributed by atoms with E-state index in [1.54, 1.807) is 4.90 Å². The van der Waals surface area contributed by atoms with Gasteiger partial charge in [-0.2, -0.15) is 0 Å². The Morgan fingerprint density at radius 1 is 1.07 bits per heavy atom. The monoisotopic (exact) mass is 426 g/mol. The Morgan fingerprint density at radius 3 is 2.62 bits per heavy atom. The van der Waals surface area contributed by atoms with E-state index in [0.717, 1.165) is 28.4 Å². The van der Waals surface area contributed by atoms with E-state index in [9.17, 15) is 4.79 Å². The molecule has 0 saturated carbocycles. The van der Waals surface area contributed by atoms with Gasteiger partial charge in [-0.25, -0.2) is 4.98 Å². The first-order valence-electron chi connectivity index (χ1n) is 10.1. The molecule has 2 heterocycles. The summed E-state index contributed by atoms with van der Waals surface area (Å²) in [4.78, 5) is 19.6. The van der Waals surface area contributed by atoms with E-state index in [1.807, 2.05) is 42.6 Å². The van der Waals surface area contributed by atoms with Crippen molar-refractivity contribution in [2.24, 2.45) is 0 Å². The second kappa shape index (κ2) is 9.53. The number of nitrogens with one attached hydrogen (secondary N) is 2. The molecule has 2 aromatic carbocycles. The summed E-state index contributed by atoms with van der Waals surface area (Å²) in [5, 5.41) is 4.26. The van der Waals surface area contributed by atoms with E-state index in [2.05, 4.69) is 22.4 Å².